The number of rotatable bonds is 4. The lowest BCUT2D eigenvalue weighted by molar-refractivity contribution is -0.149. The summed E-state index contributed by atoms with van der Waals surface area (Å²) >= 11 is 0. The van der Waals surface area contributed by atoms with Gasteiger partial charge in [0, 0.05) is 5.56 Å². The molecule has 1 heterocycles. The zero-order valence-electron chi connectivity index (χ0n) is 13.3. The molecule has 0 atom stereocenters. The van der Waals surface area contributed by atoms with Gasteiger partial charge in [0.2, 0.25) is 5.91 Å². The molecule has 2 aromatic rings. The van der Waals surface area contributed by atoms with Crippen molar-refractivity contribution in [2.75, 3.05) is 6.54 Å². The minimum absolute atomic E-state index is 0.117. The minimum Gasteiger partial charge on any atom is -0.459 e. The third-order valence-electron chi connectivity index (χ3n) is 3.94. The molecule has 0 radical (unpaired) electrons. The van der Waals surface area contributed by atoms with Crippen LogP contribution in [-0.4, -0.2) is 29.2 Å². The van der Waals surface area contributed by atoms with Gasteiger partial charge in [0.1, 0.15) is 13.2 Å². The highest BCUT2D eigenvalue weighted by Gasteiger charge is 2.32. The Morgan fingerprint density at radius 3 is 2.54 bits per heavy atom. The molecule has 1 aliphatic rings. The van der Waals surface area contributed by atoms with E-state index >= 15 is 0 Å². The van der Waals surface area contributed by atoms with Gasteiger partial charge in [-0.25, -0.2) is 0 Å². The Morgan fingerprint density at radius 1 is 1.08 bits per heavy atom. The summed E-state index contributed by atoms with van der Waals surface area (Å²) in [5.41, 5.74) is 3.13. The highest BCUT2D eigenvalue weighted by atomic mass is 16.5. The quantitative estimate of drug-likeness (QED) is 0.639. The van der Waals surface area contributed by atoms with Crippen LogP contribution in [-0.2, 0) is 27.4 Å². The predicted molar refractivity (Wildman–Crippen MR) is 87.2 cm³/mol. The Kier molecular flexibility index (Phi) is 4.42. The first-order chi connectivity index (χ1) is 11.5. The summed E-state index contributed by atoms with van der Waals surface area (Å²) in [6.45, 7) is 1.73. The highest BCUT2D eigenvalue weighted by molar-refractivity contribution is 6.11. The van der Waals surface area contributed by atoms with Crippen LogP contribution in [0.1, 0.15) is 27.0 Å². The summed E-state index contributed by atoms with van der Waals surface area (Å²) in [4.78, 5) is 37.4. The molecule has 3 rings (SSSR count). The molecular weight excluding hydrogens is 306 g/mol. The van der Waals surface area contributed by atoms with Crippen molar-refractivity contribution in [1.29, 1.82) is 0 Å². The molecule has 1 aliphatic heterocycles. The van der Waals surface area contributed by atoms with Crippen molar-refractivity contribution < 1.29 is 19.1 Å². The number of fused-ring (bicyclic) bond motifs is 1. The van der Waals surface area contributed by atoms with E-state index in [2.05, 4.69) is 0 Å². The van der Waals surface area contributed by atoms with Crippen LogP contribution in [0.3, 0.4) is 0 Å². The Morgan fingerprint density at radius 2 is 1.79 bits per heavy atom. The fraction of sp³-hybridized carbons (Fsp3) is 0.211. The summed E-state index contributed by atoms with van der Waals surface area (Å²) < 4.78 is 5.17. The van der Waals surface area contributed by atoms with Crippen LogP contribution in [0.5, 0.6) is 0 Å². The maximum atomic E-state index is 12.4. The van der Waals surface area contributed by atoms with Gasteiger partial charge in [-0.1, -0.05) is 48.0 Å². The van der Waals surface area contributed by atoms with Crippen LogP contribution >= 0.6 is 0 Å². The Hall–Kier alpha value is -2.95. The number of aryl methyl sites for hydroxylation is 1. The Labute approximate surface area is 139 Å². The fourth-order valence-electron chi connectivity index (χ4n) is 2.58. The number of hydrogen-bond donors (Lipinski definition) is 0. The maximum absolute atomic E-state index is 12.4. The Bertz CT molecular complexity index is 795. The molecule has 0 saturated carbocycles. The van der Waals surface area contributed by atoms with Gasteiger partial charge in [-0.15, -0.1) is 0 Å². The van der Waals surface area contributed by atoms with Crippen molar-refractivity contribution >= 4 is 17.8 Å². The van der Waals surface area contributed by atoms with E-state index < -0.39 is 11.9 Å². The first-order valence-corrected chi connectivity index (χ1v) is 7.68. The molecule has 24 heavy (non-hydrogen) atoms. The van der Waals surface area contributed by atoms with Gasteiger partial charge in [-0.2, -0.15) is 0 Å². The van der Waals surface area contributed by atoms with Gasteiger partial charge in [0.15, 0.2) is 0 Å². The summed E-state index contributed by atoms with van der Waals surface area (Å²) in [7, 11) is 0. The smallest absolute Gasteiger partial charge is 0.326 e. The van der Waals surface area contributed by atoms with E-state index in [-0.39, 0.29) is 25.5 Å². The van der Waals surface area contributed by atoms with Crippen molar-refractivity contribution in [2.24, 2.45) is 0 Å². The summed E-state index contributed by atoms with van der Waals surface area (Å²) in [5.74, 6) is -1.43. The van der Waals surface area contributed by atoms with Gasteiger partial charge in [0.05, 0.1) is 6.42 Å². The van der Waals surface area contributed by atoms with Crippen LogP contribution in [0.4, 0.5) is 0 Å². The largest absolute Gasteiger partial charge is 0.459 e. The molecule has 0 aromatic heterocycles. The molecule has 122 valence electrons. The second kappa shape index (κ2) is 6.66. The van der Waals surface area contributed by atoms with E-state index in [1.165, 1.54) is 0 Å². The van der Waals surface area contributed by atoms with Crippen molar-refractivity contribution in [3.63, 3.8) is 0 Å². The highest BCUT2D eigenvalue weighted by Crippen LogP contribution is 2.19. The molecule has 2 amide bonds. The van der Waals surface area contributed by atoms with Crippen LogP contribution in [0.15, 0.2) is 48.5 Å². The number of hydrogen-bond acceptors (Lipinski definition) is 4. The third kappa shape index (κ3) is 3.35. The molecule has 0 aliphatic carbocycles. The second-order valence-electron chi connectivity index (χ2n) is 5.77. The molecule has 0 unspecified atom stereocenters. The number of carbonyl (C=O) groups is 3. The number of nitrogens with zero attached hydrogens (tertiary/aromatic N) is 1. The molecule has 5 nitrogen and oxygen atoms in total. The maximum Gasteiger partial charge on any atom is 0.326 e. The molecule has 0 bridgehead atoms. The lowest BCUT2D eigenvalue weighted by atomic mass is 9.98. The summed E-state index contributed by atoms with van der Waals surface area (Å²) in [6.07, 6.45) is 0.118. The Balaban J connectivity index is 1.63. The van der Waals surface area contributed by atoms with E-state index in [1.807, 2.05) is 31.2 Å². The fourth-order valence-corrected chi connectivity index (χ4v) is 2.58. The average molecular weight is 323 g/mol. The molecule has 0 spiro atoms. The first kappa shape index (κ1) is 15.9. The number of benzene rings is 2. The number of carbonyl (C=O) groups excluding carboxylic acids is 3. The van der Waals surface area contributed by atoms with E-state index in [4.69, 9.17) is 4.74 Å². The van der Waals surface area contributed by atoms with Gasteiger partial charge >= 0.3 is 5.97 Å². The van der Waals surface area contributed by atoms with Crippen LogP contribution in [0.25, 0.3) is 0 Å². The number of imide groups is 1. The zero-order valence-corrected chi connectivity index (χ0v) is 13.3. The second-order valence-corrected chi connectivity index (χ2v) is 5.77. The van der Waals surface area contributed by atoms with Crippen LogP contribution in [0.2, 0.25) is 0 Å². The van der Waals surface area contributed by atoms with Crippen LogP contribution in [0, 0.1) is 6.92 Å². The summed E-state index contributed by atoms with van der Waals surface area (Å²) in [5, 5.41) is 0. The monoisotopic (exact) mass is 323 g/mol. The number of esters is 1. The molecule has 2 aromatic carbocycles. The lowest BCUT2D eigenvalue weighted by Gasteiger charge is -2.25. The van der Waals surface area contributed by atoms with Gasteiger partial charge in [-0.05, 0) is 24.1 Å². The zero-order chi connectivity index (χ0) is 17.1. The van der Waals surface area contributed by atoms with Crippen LogP contribution < -0.4 is 0 Å². The van der Waals surface area contributed by atoms with Crippen molar-refractivity contribution in [3.8, 4) is 0 Å². The van der Waals surface area contributed by atoms with E-state index in [0.717, 1.165) is 16.0 Å². The minimum atomic E-state index is -0.600. The average Bonchev–Trinajstić information content (AvgIpc) is 2.58. The first-order valence-electron chi connectivity index (χ1n) is 7.68. The molecule has 0 fully saturated rings. The predicted octanol–water partition coefficient (Wildman–Crippen LogP) is 2.26. The topological polar surface area (TPSA) is 63.7 Å². The number of amides is 2. The molecule has 5 heteroatoms. The van der Waals surface area contributed by atoms with Gasteiger partial charge < -0.3 is 4.74 Å². The van der Waals surface area contributed by atoms with Crippen molar-refractivity contribution in [3.05, 3.63) is 70.8 Å². The molecule has 0 saturated heterocycles. The normalized spacial score (nSPS) is 13.6. The van der Waals surface area contributed by atoms with Gasteiger partial charge in [-0.3, -0.25) is 19.3 Å². The lowest BCUT2D eigenvalue weighted by Crippen LogP contribution is -2.45. The van der Waals surface area contributed by atoms with E-state index in [9.17, 15) is 14.4 Å². The standard InChI is InChI=1S/C19H17NO4/c1-13-6-8-14(9-7-13)12-24-18(22)11-20-17(21)10-15-4-2-3-5-16(15)19(20)23/h2-9H,10-12H2,1H3. The third-order valence-corrected chi connectivity index (χ3v) is 3.94. The molecule has 0 N–H and O–H groups in total. The van der Waals surface area contributed by atoms with E-state index in [0.29, 0.717) is 11.1 Å². The van der Waals surface area contributed by atoms with E-state index in [1.54, 1.807) is 24.3 Å². The molecular formula is C19H17NO4. The van der Waals surface area contributed by atoms with Gasteiger partial charge in [0.25, 0.3) is 5.91 Å². The van der Waals surface area contributed by atoms with Crippen molar-refractivity contribution in [2.45, 2.75) is 20.0 Å². The van der Waals surface area contributed by atoms with Crippen molar-refractivity contribution in [1.82, 2.24) is 4.90 Å². The SMILES string of the molecule is Cc1ccc(COC(=O)CN2C(=O)Cc3ccccc3C2=O)cc1. The summed E-state index contributed by atoms with van der Waals surface area (Å²) in [6, 6.07) is 14.5. The number of ether oxygens (including phenoxy) is 1.